The van der Waals surface area contributed by atoms with Crippen LogP contribution in [0.15, 0.2) is 59.5 Å². The molecule has 146 valence electrons. The summed E-state index contributed by atoms with van der Waals surface area (Å²) in [7, 11) is 0. The van der Waals surface area contributed by atoms with E-state index >= 15 is 0 Å². The van der Waals surface area contributed by atoms with Crippen LogP contribution in [0.1, 0.15) is 17.8 Å². The van der Waals surface area contributed by atoms with Gasteiger partial charge in [0.15, 0.2) is 0 Å². The minimum Gasteiger partial charge on any atom is -0.494 e. The molecule has 0 fully saturated rings. The first-order valence-corrected chi connectivity index (χ1v) is 11.1. The van der Waals surface area contributed by atoms with Crippen molar-refractivity contribution in [1.29, 1.82) is 0 Å². The molecule has 0 unspecified atom stereocenters. The van der Waals surface area contributed by atoms with E-state index in [1.54, 1.807) is 11.8 Å². The third-order valence-electron chi connectivity index (χ3n) is 3.67. The van der Waals surface area contributed by atoms with E-state index in [9.17, 15) is 4.79 Å². The number of nitrogens with zero attached hydrogens (tertiary/aromatic N) is 2. The number of amides is 1. The number of benzene rings is 2. The first kappa shape index (κ1) is 20.6. The molecule has 1 heterocycles. The van der Waals surface area contributed by atoms with Crippen LogP contribution in [-0.4, -0.2) is 28.5 Å². The number of thioether (sulfide) groups is 1. The molecule has 2 aromatic carbocycles. The number of halogens is 1. The fourth-order valence-corrected chi connectivity index (χ4v) is 4.08. The van der Waals surface area contributed by atoms with E-state index in [1.807, 2.05) is 54.6 Å². The van der Waals surface area contributed by atoms with Gasteiger partial charge in [-0.3, -0.25) is 4.79 Å². The minimum atomic E-state index is -0.0587. The summed E-state index contributed by atoms with van der Waals surface area (Å²) in [5, 5.41) is 13.1. The monoisotopic (exact) mass is 433 g/mol. The largest absolute Gasteiger partial charge is 0.494 e. The lowest BCUT2D eigenvalue weighted by molar-refractivity contribution is -0.115. The second kappa shape index (κ2) is 11.0. The van der Waals surface area contributed by atoms with Crippen molar-refractivity contribution in [3.05, 3.63) is 64.6 Å². The standard InChI is InChI=1S/C20H20ClN3O2S2/c21-15-8-10-17(11-9-15)27-14-12-18(25)22-20-24-23-19(28-20)7-4-13-26-16-5-2-1-3-6-16/h1-3,5-6,8-11H,4,7,12-14H2,(H,22,24,25). The van der Waals surface area contributed by atoms with Crippen LogP contribution >= 0.6 is 34.7 Å². The van der Waals surface area contributed by atoms with Crippen molar-refractivity contribution in [1.82, 2.24) is 10.2 Å². The van der Waals surface area contributed by atoms with Crippen LogP contribution in [0.3, 0.4) is 0 Å². The Morgan fingerprint density at radius 3 is 2.68 bits per heavy atom. The molecule has 0 aliphatic heterocycles. The molecule has 0 aliphatic rings. The molecule has 0 bridgehead atoms. The highest BCUT2D eigenvalue weighted by Crippen LogP contribution is 2.22. The molecule has 0 saturated carbocycles. The number of rotatable bonds is 10. The SMILES string of the molecule is O=C(CCSc1ccc(Cl)cc1)Nc1nnc(CCCOc2ccccc2)s1. The molecule has 1 aromatic heterocycles. The lowest BCUT2D eigenvalue weighted by Crippen LogP contribution is -2.11. The quantitative estimate of drug-likeness (QED) is 0.346. The van der Waals surface area contributed by atoms with Crippen molar-refractivity contribution < 1.29 is 9.53 Å². The summed E-state index contributed by atoms with van der Waals surface area (Å²) in [5.41, 5.74) is 0. The molecule has 0 radical (unpaired) electrons. The number of ether oxygens (including phenoxy) is 1. The Labute approximate surface area is 177 Å². The van der Waals surface area contributed by atoms with Crippen molar-refractivity contribution in [2.45, 2.75) is 24.2 Å². The van der Waals surface area contributed by atoms with Crippen molar-refractivity contribution in [2.24, 2.45) is 0 Å². The number of aryl methyl sites for hydroxylation is 1. The molecular formula is C20H20ClN3O2S2. The number of para-hydroxylation sites is 1. The Morgan fingerprint density at radius 2 is 1.89 bits per heavy atom. The molecule has 28 heavy (non-hydrogen) atoms. The van der Waals surface area contributed by atoms with Gasteiger partial charge in [0.2, 0.25) is 11.0 Å². The average Bonchev–Trinajstić information content (AvgIpc) is 3.15. The minimum absolute atomic E-state index is 0.0587. The van der Waals surface area contributed by atoms with Gasteiger partial charge in [0.05, 0.1) is 6.61 Å². The van der Waals surface area contributed by atoms with Crippen molar-refractivity contribution in [3.8, 4) is 5.75 Å². The zero-order chi connectivity index (χ0) is 19.6. The van der Waals surface area contributed by atoms with Gasteiger partial charge in [-0.25, -0.2) is 0 Å². The van der Waals surface area contributed by atoms with Gasteiger partial charge in [-0.2, -0.15) is 0 Å². The number of anilines is 1. The summed E-state index contributed by atoms with van der Waals surface area (Å²) in [6.07, 6.45) is 2.02. The third kappa shape index (κ3) is 7.14. The summed E-state index contributed by atoms with van der Waals surface area (Å²) < 4.78 is 5.66. The number of nitrogens with one attached hydrogen (secondary N) is 1. The molecule has 0 spiro atoms. The third-order valence-corrected chi connectivity index (χ3v) is 5.84. The van der Waals surface area contributed by atoms with Gasteiger partial charge in [0.1, 0.15) is 10.8 Å². The lowest BCUT2D eigenvalue weighted by Gasteiger charge is -2.04. The Kier molecular flexibility index (Phi) is 8.14. The molecule has 5 nitrogen and oxygen atoms in total. The van der Waals surface area contributed by atoms with E-state index in [2.05, 4.69) is 15.5 Å². The number of carbonyl (C=O) groups is 1. The lowest BCUT2D eigenvalue weighted by atomic mass is 10.3. The zero-order valence-electron chi connectivity index (χ0n) is 15.1. The van der Waals surface area contributed by atoms with Crippen LogP contribution in [-0.2, 0) is 11.2 Å². The second-order valence-corrected chi connectivity index (χ2v) is 8.53. The van der Waals surface area contributed by atoms with E-state index in [-0.39, 0.29) is 5.91 Å². The highest BCUT2D eigenvalue weighted by Gasteiger charge is 2.08. The van der Waals surface area contributed by atoms with Crippen LogP contribution in [0.2, 0.25) is 5.02 Å². The molecule has 1 N–H and O–H groups in total. The molecule has 3 aromatic rings. The summed E-state index contributed by atoms with van der Waals surface area (Å²) in [4.78, 5) is 13.1. The van der Waals surface area contributed by atoms with Gasteiger partial charge in [0.25, 0.3) is 0 Å². The maximum atomic E-state index is 12.1. The molecule has 0 aliphatic carbocycles. The Hall–Kier alpha value is -2.09. The fourth-order valence-electron chi connectivity index (χ4n) is 2.31. The first-order chi connectivity index (χ1) is 13.7. The van der Waals surface area contributed by atoms with Crippen LogP contribution in [0.5, 0.6) is 5.75 Å². The van der Waals surface area contributed by atoms with E-state index in [1.165, 1.54) is 11.3 Å². The molecule has 0 saturated heterocycles. The molecule has 8 heteroatoms. The Morgan fingerprint density at radius 1 is 1.11 bits per heavy atom. The Bertz CT molecular complexity index is 873. The van der Waals surface area contributed by atoms with Crippen LogP contribution < -0.4 is 10.1 Å². The van der Waals surface area contributed by atoms with Crippen molar-refractivity contribution >= 4 is 45.7 Å². The van der Waals surface area contributed by atoms with Gasteiger partial charge in [0, 0.05) is 28.5 Å². The number of hydrogen-bond acceptors (Lipinski definition) is 6. The molecule has 3 rings (SSSR count). The molecular weight excluding hydrogens is 414 g/mol. The van der Waals surface area contributed by atoms with Crippen LogP contribution in [0.4, 0.5) is 5.13 Å². The highest BCUT2D eigenvalue weighted by molar-refractivity contribution is 7.99. The van der Waals surface area contributed by atoms with Gasteiger partial charge >= 0.3 is 0 Å². The van der Waals surface area contributed by atoms with Crippen molar-refractivity contribution in [3.63, 3.8) is 0 Å². The van der Waals surface area contributed by atoms with Gasteiger partial charge in [-0.05, 0) is 42.8 Å². The topological polar surface area (TPSA) is 64.1 Å². The Balaban J connectivity index is 1.33. The van der Waals surface area contributed by atoms with Crippen molar-refractivity contribution in [2.75, 3.05) is 17.7 Å². The normalized spacial score (nSPS) is 10.6. The van der Waals surface area contributed by atoms with Gasteiger partial charge in [-0.15, -0.1) is 22.0 Å². The van der Waals surface area contributed by atoms with E-state index in [0.717, 1.165) is 28.5 Å². The summed E-state index contributed by atoms with van der Waals surface area (Å²) in [6.45, 7) is 0.618. The molecule has 1 amide bonds. The second-order valence-electron chi connectivity index (χ2n) is 5.87. The van der Waals surface area contributed by atoms with E-state index in [4.69, 9.17) is 16.3 Å². The highest BCUT2D eigenvalue weighted by atomic mass is 35.5. The summed E-state index contributed by atoms with van der Waals surface area (Å²) in [6, 6.07) is 17.3. The summed E-state index contributed by atoms with van der Waals surface area (Å²) >= 11 is 8.89. The van der Waals surface area contributed by atoms with Gasteiger partial charge in [-0.1, -0.05) is 41.1 Å². The smallest absolute Gasteiger partial charge is 0.227 e. The molecule has 0 atom stereocenters. The maximum absolute atomic E-state index is 12.1. The predicted molar refractivity (Wildman–Crippen MR) is 116 cm³/mol. The fraction of sp³-hybridized carbons (Fsp3) is 0.250. The first-order valence-electron chi connectivity index (χ1n) is 8.87. The number of hydrogen-bond donors (Lipinski definition) is 1. The van der Waals surface area contributed by atoms with E-state index < -0.39 is 0 Å². The van der Waals surface area contributed by atoms with E-state index in [0.29, 0.717) is 28.9 Å². The average molecular weight is 434 g/mol. The zero-order valence-corrected chi connectivity index (χ0v) is 17.5. The van der Waals surface area contributed by atoms with Gasteiger partial charge < -0.3 is 10.1 Å². The summed E-state index contributed by atoms with van der Waals surface area (Å²) in [5.74, 6) is 1.50. The van der Waals surface area contributed by atoms with Crippen LogP contribution in [0, 0.1) is 0 Å². The predicted octanol–water partition coefficient (Wildman–Crippen LogP) is 5.32. The maximum Gasteiger partial charge on any atom is 0.227 e. The number of aromatic nitrogens is 2. The number of carbonyl (C=O) groups excluding carboxylic acids is 1. The van der Waals surface area contributed by atoms with Crippen LogP contribution in [0.25, 0.3) is 0 Å².